The molecule has 1 aromatic carbocycles. The summed E-state index contributed by atoms with van der Waals surface area (Å²) in [5.74, 6) is -0.194. The Kier molecular flexibility index (Phi) is 2.29. The first kappa shape index (κ1) is 9.51. The third kappa shape index (κ3) is 1.41. The van der Waals surface area contributed by atoms with E-state index in [1.165, 1.54) is 0 Å². The molecule has 0 spiro atoms. The Balaban J connectivity index is 2.69. The van der Waals surface area contributed by atoms with Crippen molar-refractivity contribution in [1.82, 2.24) is 4.68 Å². The molecule has 0 fully saturated rings. The summed E-state index contributed by atoms with van der Waals surface area (Å²) in [5, 5.41) is 28.0. The van der Waals surface area contributed by atoms with Gasteiger partial charge in [-0.05, 0) is 19.1 Å². The van der Waals surface area contributed by atoms with Crippen LogP contribution in [0.3, 0.4) is 0 Å². The molecular formula is C10H11N3O2. The summed E-state index contributed by atoms with van der Waals surface area (Å²) in [6, 6.07) is 6.98. The van der Waals surface area contributed by atoms with E-state index < -0.39 is 0 Å². The molecule has 0 aliphatic rings. The minimum absolute atomic E-state index is 0.0969. The van der Waals surface area contributed by atoms with Gasteiger partial charge >= 0.3 is 0 Å². The van der Waals surface area contributed by atoms with E-state index in [0.29, 0.717) is 17.3 Å². The molecule has 0 radical (unpaired) electrons. The average molecular weight is 205 g/mol. The molecule has 0 unspecified atom stereocenters. The number of aromatic hydroxyl groups is 2. The molecule has 0 saturated heterocycles. The van der Waals surface area contributed by atoms with E-state index in [9.17, 15) is 10.2 Å². The Labute approximate surface area is 86.3 Å². The van der Waals surface area contributed by atoms with Gasteiger partial charge in [-0.2, -0.15) is 5.11 Å². The maximum atomic E-state index is 9.75. The largest absolute Gasteiger partial charge is 0.493 e. The average Bonchev–Trinajstić information content (AvgIpc) is 2.51. The lowest BCUT2D eigenvalue weighted by atomic mass is 10.2. The number of rotatable bonds is 2. The van der Waals surface area contributed by atoms with Crippen LogP contribution in [0.25, 0.3) is 10.8 Å². The van der Waals surface area contributed by atoms with Gasteiger partial charge in [0.15, 0.2) is 0 Å². The van der Waals surface area contributed by atoms with Gasteiger partial charge in [0.2, 0.25) is 11.8 Å². The molecule has 0 atom stereocenters. The van der Waals surface area contributed by atoms with E-state index in [1.807, 2.05) is 6.92 Å². The van der Waals surface area contributed by atoms with Crippen LogP contribution in [0.2, 0.25) is 0 Å². The van der Waals surface area contributed by atoms with Gasteiger partial charge in [0, 0.05) is 10.8 Å². The topological polar surface area (TPSA) is 70.1 Å². The summed E-state index contributed by atoms with van der Waals surface area (Å²) in [5.41, 5.74) is 0. The molecule has 5 nitrogen and oxygen atoms in total. The number of hydrogen-bond acceptors (Lipinski definition) is 4. The predicted octanol–water partition coefficient (Wildman–Crippen LogP) is 2.29. The first-order valence-corrected chi connectivity index (χ1v) is 4.65. The van der Waals surface area contributed by atoms with Crippen molar-refractivity contribution >= 4 is 10.8 Å². The third-order valence-electron chi connectivity index (χ3n) is 2.10. The Bertz CT molecular complexity index is 478. The van der Waals surface area contributed by atoms with E-state index in [-0.39, 0.29) is 11.8 Å². The number of fused-ring (bicyclic) bond motifs is 1. The molecular weight excluding hydrogens is 194 g/mol. The molecule has 0 aliphatic carbocycles. The van der Waals surface area contributed by atoms with Crippen LogP contribution in [-0.4, -0.2) is 21.4 Å². The fourth-order valence-electron chi connectivity index (χ4n) is 1.41. The first-order chi connectivity index (χ1) is 7.25. The van der Waals surface area contributed by atoms with Gasteiger partial charge in [0.1, 0.15) is 0 Å². The van der Waals surface area contributed by atoms with Gasteiger partial charge in [-0.1, -0.05) is 17.4 Å². The lowest BCUT2D eigenvalue weighted by molar-refractivity contribution is 0.381. The normalized spacial score (nSPS) is 11.5. The van der Waals surface area contributed by atoms with Crippen LogP contribution in [0.4, 0.5) is 0 Å². The minimum atomic E-state index is -0.0969. The fourth-order valence-corrected chi connectivity index (χ4v) is 1.41. The Morgan fingerprint density at radius 1 is 1.13 bits per heavy atom. The summed E-state index contributed by atoms with van der Waals surface area (Å²) >= 11 is 0. The molecule has 15 heavy (non-hydrogen) atoms. The predicted molar refractivity (Wildman–Crippen MR) is 56.1 cm³/mol. The maximum Gasteiger partial charge on any atom is 0.225 e. The van der Waals surface area contributed by atoms with Crippen LogP contribution in [0.1, 0.15) is 6.92 Å². The monoisotopic (exact) mass is 205 g/mol. The highest BCUT2D eigenvalue weighted by atomic mass is 16.3. The number of nitrogens with zero attached hydrogens (tertiary/aromatic N) is 3. The second kappa shape index (κ2) is 3.61. The number of benzene rings is 1. The molecule has 2 N–H and O–H groups in total. The molecule has 2 rings (SSSR count). The van der Waals surface area contributed by atoms with Crippen molar-refractivity contribution in [2.24, 2.45) is 10.3 Å². The van der Waals surface area contributed by atoms with Crippen LogP contribution in [0.15, 0.2) is 34.6 Å². The van der Waals surface area contributed by atoms with Gasteiger partial charge in [0.25, 0.3) is 0 Å². The molecule has 0 saturated carbocycles. The molecule has 2 aromatic rings. The molecule has 1 aromatic heterocycles. The second-order valence-corrected chi connectivity index (χ2v) is 3.05. The second-order valence-electron chi connectivity index (χ2n) is 3.05. The van der Waals surface area contributed by atoms with Crippen LogP contribution in [0.5, 0.6) is 11.8 Å². The summed E-state index contributed by atoms with van der Waals surface area (Å²) in [6.45, 7) is 2.31. The summed E-state index contributed by atoms with van der Waals surface area (Å²) in [4.78, 5) is 0. The molecule has 1 heterocycles. The smallest absolute Gasteiger partial charge is 0.225 e. The minimum Gasteiger partial charge on any atom is -0.493 e. The number of hydrogen-bond donors (Lipinski definition) is 2. The van der Waals surface area contributed by atoms with Crippen molar-refractivity contribution in [2.75, 3.05) is 6.54 Å². The first-order valence-electron chi connectivity index (χ1n) is 4.65. The lowest BCUT2D eigenvalue weighted by Gasteiger charge is -1.95. The van der Waals surface area contributed by atoms with Crippen LogP contribution in [-0.2, 0) is 0 Å². The van der Waals surface area contributed by atoms with Crippen LogP contribution < -0.4 is 0 Å². The third-order valence-corrected chi connectivity index (χ3v) is 2.10. The fraction of sp³-hybridized carbons (Fsp3) is 0.200. The highest BCUT2D eigenvalue weighted by Gasteiger charge is 2.14. The highest BCUT2D eigenvalue weighted by Crippen LogP contribution is 2.35. The van der Waals surface area contributed by atoms with Crippen molar-refractivity contribution < 1.29 is 10.2 Å². The standard InChI is InChI=1S/C10H11N3O2/c1-2-11-12-13-9(14)7-5-3-4-6-8(7)10(13)15/h3-6,14-15H,2H2,1H3. The zero-order valence-electron chi connectivity index (χ0n) is 8.25. The molecule has 78 valence electrons. The molecule has 0 bridgehead atoms. The van der Waals surface area contributed by atoms with Crippen molar-refractivity contribution in [1.29, 1.82) is 0 Å². The molecule has 5 heteroatoms. The lowest BCUT2D eigenvalue weighted by Crippen LogP contribution is -1.84. The van der Waals surface area contributed by atoms with Crippen LogP contribution >= 0.6 is 0 Å². The van der Waals surface area contributed by atoms with Gasteiger partial charge in [-0.15, -0.1) is 4.68 Å². The van der Waals surface area contributed by atoms with Crippen molar-refractivity contribution in [3.8, 4) is 11.8 Å². The Morgan fingerprint density at radius 2 is 1.67 bits per heavy atom. The highest BCUT2D eigenvalue weighted by molar-refractivity contribution is 5.92. The maximum absolute atomic E-state index is 9.75. The van der Waals surface area contributed by atoms with E-state index >= 15 is 0 Å². The molecule has 0 amide bonds. The van der Waals surface area contributed by atoms with Crippen LogP contribution in [0, 0.1) is 0 Å². The summed E-state index contributed by atoms with van der Waals surface area (Å²) in [7, 11) is 0. The van der Waals surface area contributed by atoms with E-state index in [1.54, 1.807) is 24.3 Å². The Hall–Kier alpha value is -2.04. The zero-order valence-corrected chi connectivity index (χ0v) is 8.25. The number of aromatic nitrogens is 1. The zero-order chi connectivity index (χ0) is 10.8. The van der Waals surface area contributed by atoms with Gasteiger partial charge < -0.3 is 10.2 Å². The van der Waals surface area contributed by atoms with Crippen molar-refractivity contribution in [3.63, 3.8) is 0 Å². The van der Waals surface area contributed by atoms with Gasteiger partial charge in [0.05, 0.1) is 6.54 Å². The van der Waals surface area contributed by atoms with Gasteiger partial charge in [-0.25, -0.2) is 0 Å². The quantitative estimate of drug-likeness (QED) is 0.738. The van der Waals surface area contributed by atoms with E-state index in [4.69, 9.17) is 0 Å². The SMILES string of the molecule is CCN=Nn1c(O)c2ccccc2c1O. The summed E-state index contributed by atoms with van der Waals surface area (Å²) < 4.78 is 1.02. The molecule has 0 aliphatic heterocycles. The summed E-state index contributed by atoms with van der Waals surface area (Å²) in [6.07, 6.45) is 0. The van der Waals surface area contributed by atoms with E-state index in [2.05, 4.69) is 10.3 Å². The van der Waals surface area contributed by atoms with Crippen molar-refractivity contribution in [2.45, 2.75) is 6.92 Å². The van der Waals surface area contributed by atoms with Gasteiger partial charge in [-0.3, -0.25) is 0 Å². The van der Waals surface area contributed by atoms with Crippen molar-refractivity contribution in [3.05, 3.63) is 24.3 Å². The Morgan fingerprint density at radius 3 is 2.13 bits per heavy atom. The van der Waals surface area contributed by atoms with E-state index in [0.717, 1.165) is 4.68 Å².